The lowest BCUT2D eigenvalue weighted by atomic mass is 10.2. The predicted octanol–water partition coefficient (Wildman–Crippen LogP) is 1.85. The molecule has 8 heteroatoms. The zero-order valence-corrected chi connectivity index (χ0v) is 12.7. The van der Waals surface area contributed by atoms with Crippen LogP contribution < -0.4 is 4.72 Å². The van der Waals surface area contributed by atoms with Gasteiger partial charge in [0.1, 0.15) is 0 Å². The van der Waals surface area contributed by atoms with Crippen LogP contribution in [0.25, 0.3) is 11.4 Å². The van der Waals surface area contributed by atoms with E-state index in [0.717, 1.165) is 16.2 Å². The summed E-state index contributed by atoms with van der Waals surface area (Å²) in [4.78, 5) is 4.41. The van der Waals surface area contributed by atoms with Gasteiger partial charge in [0.2, 0.25) is 10.0 Å². The molecule has 0 saturated carbocycles. The van der Waals surface area contributed by atoms with Crippen LogP contribution in [0.15, 0.2) is 34.7 Å². The van der Waals surface area contributed by atoms with Crippen molar-refractivity contribution in [3.8, 4) is 11.4 Å². The molecule has 0 radical (unpaired) electrons. The third kappa shape index (κ3) is 4.90. The van der Waals surface area contributed by atoms with Crippen molar-refractivity contribution in [1.29, 1.82) is 0 Å². The summed E-state index contributed by atoms with van der Waals surface area (Å²) in [6.45, 7) is 0.393. The van der Waals surface area contributed by atoms with Gasteiger partial charge in [0, 0.05) is 17.9 Å². The van der Waals surface area contributed by atoms with E-state index in [1.807, 2.05) is 30.3 Å². The van der Waals surface area contributed by atoms with E-state index in [-0.39, 0.29) is 0 Å². The molecule has 1 aromatic heterocycles. The molecular weight excluding hydrogens is 302 g/mol. The minimum Gasteiger partial charge on any atom is -0.215 e. The average Bonchev–Trinajstić information content (AvgIpc) is 2.83. The van der Waals surface area contributed by atoms with Gasteiger partial charge in [-0.15, -0.1) is 0 Å². The molecule has 0 aliphatic carbocycles. The topological polar surface area (TPSA) is 72.0 Å². The van der Waals surface area contributed by atoms with Crippen molar-refractivity contribution in [2.24, 2.45) is 0 Å². The molecular formula is C11H13N3O2S3. The summed E-state index contributed by atoms with van der Waals surface area (Å²) >= 11 is 2.82. The fourth-order valence-corrected chi connectivity index (χ4v) is 3.48. The van der Waals surface area contributed by atoms with Gasteiger partial charge in [-0.05, 0) is 11.5 Å². The molecule has 0 unspecified atom stereocenters. The van der Waals surface area contributed by atoms with Crippen LogP contribution in [-0.2, 0) is 10.0 Å². The van der Waals surface area contributed by atoms with Crippen molar-refractivity contribution in [2.45, 2.75) is 4.34 Å². The molecule has 1 N–H and O–H groups in total. The standard InChI is InChI=1S/C11H13N3O2S3/c1-19(15,16)12-7-8-17-11-13-10(14-18-11)9-5-3-2-4-6-9/h2-6,12H,7-8H2,1H3. The van der Waals surface area contributed by atoms with Crippen LogP contribution in [0.2, 0.25) is 0 Å². The number of benzene rings is 1. The first-order valence-electron chi connectivity index (χ1n) is 5.51. The van der Waals surface area contributed by atoms with Gasteiger partial charge >= 0.3 is 0 Å². The van der Waals surface area contributed by atoms with Crippen LogP contribution in [0.3, 0.4) is 0 Å². The second-order valence-corrected chi connectivity index (χ2v) is 7.69. The molecule has 1 heterocycles. The number of sulfonamides is 1. The highest BCUT2D eigenvalue weighted by molar-refractivity contribution is 8.01. The van der Waals surface area contributed by atoms with Gasteiger partial charge in [0.15, 0.2) is 10.2 Å². The number of thioether (sulfide) groups is 1. The molecule has 0 bridgehead atoms. The van der Waals surface area contributed by atoms with Crippen molar-refractivity contribution in [2.75, 3.05) is 18.6 Å². The SMILES string of the molecule is CS(=O)(=O)NCCSc1nc(-c2ccccc2)ns1. The summed E-state index contributed by atoms with van der Waals surface area (Å²) in [5, 5.41) is 0. The first kappa shape index (κ1) is 14.4. The second-order valence-electron chi connectivity index (χ2n) is 3.76. The third-order valence-electron chi connectivity index (χ3n) is 2.13. The number of nitrogens with zero attached hydrogens (tertiary/aromatic N) is 2. The molecule has 0 aliphatic heterocycles. The van der Waals surface area contributed by atoms with Gasteiger partial charge in [-0.1, -0.05) is 42.1 Å². The molecule has 0 aliphatic rings. The molecule has 1 aromatic carbocycles. The number of aromatic nitrogens is 2. The number of hydrogen-bond donors (Lipinski definition) is 1. The Hall–Kier alpha value is -0.960. The lowest BCUT2D eigenvalue weighted by Crippen LogP contribution is -2.24. The van der Waals surface area contributed by atoms with Gasteiger partial charge in [-0.2, -0.15) is 4.37 Å². The van der Waals surface area contributed by atoms with Crippen molar-refractivity contribution in [1.82, 2.24) is 14.1 Å². The third-order valence-corrected chi connectivity index (χ3v) is 4.70. The minimum atomic E-state index is -3.11. The van der Waals surface area contributed by atoms with E-state index in [1.54, 1.807) is 0 Å². The fraction of sp³-hybridized carbons (Fsp3) is 0.273. The van der Waals surface area contributed by atoms with E-state index in [9.17, 15) is 8.42 Å². The lowest BCUT2D eigenvalue weighted by Gasteiger charge is -1.99. The largest absolute Gasteiger partial charge is 0.215 e. The minimum absolute atomic E-state index is 0.393. The summed E-state index contributed by atoms with van der Waals surface area (Å²) in [5.41, 5.74) is 0.986. The van der Waals surface area contributed by atoms with Crippen molar-refractivity contribution >= 4 is 33.3 Å². The van der Waals surface area contributed by atoms with Crippen LogP contribution >= 0.6 is 23.3 Å². The van der Waals surface area contributed by atoms with Crippen molar-refractivity contribution in [3.05, 3.63) is 30.3 Å². The monoisotopic (exact) mass is 315 g/mol. The first-order chi connectivity index (χ1) is 9.04. The average molecular weight is 315 g/mol. The van der Waals surface area contributed by atoms with Gasteiger partial charge in [0.25, 0.3) is 0 Å². The van der Waals surface area contributed by atoms with Crippen LogP contribution in [0.5, 0.6) is 0 Å². The maximum Gasteiger partial charge on any atom is 0.208 e. The van der Waals surface area contributed by atoms with Crippen molar-refractivity contribution in [3.63, 3.8) is 0 Å². The molecule has 0 fully saturated rings. The number of rotatable bonds is 6. The van der Waals surface area contributed by atoms with Gasteiger partial charge in [-0.25, -0.2) is 18.1 Å². The van der Waals surface area contributed by atoms with E-state index in [1.165, 1.54) is 23.3 Å². The summed E-state index contributed by atoms with van der Waals surface area (Å²) in [6, 6.07) is 9.75. The maximum atomic E-state index is 10.9. The first-order valence-corrected chi connectivity index (χ1v) is 9.16. The van der Waals surface area contributed by atoms with Gasteiger partial charge in [0.05, 0.1) is 6.26 Å². The van der Waals surface area contributed by atoms with Crippen LogP contribution in [-0.4, -0.2) is 36.3 Å². The Morgan fingerprint density at radius 3 is 2.74 bits per heavy atom. The Morgan fingerprint density at radius 1 is 1.32 bits per heavy atom. The van der Waals surface area contributed by atoms with E-state index in [0.29, 0.717) is 18.1 Å². The van der Waals surface area contributed by atoms with Gasteiger partial charge in [-0.3, -0.25) is 0 Å². The highest BCUT2D eigenvalue weighted by Crippen LogP contribution is 2.24. The molecule has 2 rings (SSSR count). The summed E-state index contributed by atoms with van der Waals surface area (Å²) in [5.74, 6) is 1.35. The quantitative estimate of drug-likeness (QED) is 0.650. The fourth-order valence-electron chi connectivity index (χ4n) is 1.34. The highest BCUT2D eigenvalue weighted by Gasteiger charge is 2.07. The lowest BCUT2D eigenvalue weighted by molar-refractivity contribution is 0.590. The number of nitrogens with one attached hydrogen (secondary N) is 1. The second kappa shape index (κ2) is 6.47. The van der Waals surface area contributed by atoms with E-state index in [2.05, 4.69) is 14.1 Å². The highest BCUT2D eigenvalue weighted by atomic mass is 32.2. The normalized spacial score (nSPS) is 11.6. The maximum absolute atomic E-state index is 10.9. The molecule has 0 saturated heterocycles. The van der Waals surface area contributed by atoms with Crippen LogP contribution in [0.1, 0.15) is 0 Å². The smallest absolute Gasteiger partial charge is 0.208 e. The molecule has 0 amide bonds. The Balaban J connectivity index is 1.88. The number of hydrogen-bond acceptors (Lipinski definition) is 6. The van der Waals surface area contributed by atoms with Crippen LogP contribution in [0, 0.1) is 0 Å². The molecule has 0 spiro atoms. The Bertz CT molecular complexity index is 626. The Kier molecular flexibility index (Phi) is 4.92. The molecule has 0 atom stereocenters. The summed E-state index contributed by atoms with van der Waals surface area (Å²) in [7, 11) is -3.11. The molecule has 19 heavy (non-hydrogen) atoms. The zero-order valence-electron chi connectivity index (χ0n) is 10.2. The van der Waals surface area contributed by atoms with E-state index in [4.69, 9.17) is 0 Å². The predicted molar refractivity (Wildman–Crippen MR) is 78.9 cm³/mol. The molecule has 102 valence electrons. The molecule has 5 nitrogen and oxygen atoms in total. The van der Waals surface area contributed by atoms with E-state index >= 15 is 0 Å². The zero-order chi connectivity index (χ0) is 13.7. The van der Waals surface area contributed by atoms with Gasteiger partial charge < -0.3 is 0 Å². The Morgan fingerprint density at radius 2 is 2.05 bits per heavy atom. The Labute approximate surface area is 120 Å². The van der Waals surface area contributed by atoms with Crippen molar-refractivity contribution < 1.29 is 8.42 Å². The summed E-state index contributed by atoms with van der Waals surface area (Å²) < 4.78 is 29.3. The molecule has 2 aromatic rings. The van der Waals surface area contributed by atoms with Crippen LogP contribution in [0.4, 0.5) is 0 Å². The van der Waals surface area contributed by atoms with E-state index < -0.39 is 10.0 Å². The summed E-state index contributed by atoms with van der Waals surface area (Å²) in [6.07, 6.45) is 1.15.